The normalized spacial score (nSPS) is 15.3. The molecule has 0 heterocycles. The molecule has 1 rings (SSSR count). The van der Waals surface area contributed by atoms with E-state index in [-0.39, 0.29) is 11.3 Å². The monoisotopic (exact) mass is 269 g/mol. The zero-order chi connectivity index (χ0) is 13.6. The van der Waals surface area contributed by atoms with Gasteiger partial charge in [0, 0.05) is 6.04 Å². The van der Waals surface area contributed by atoms with Gasteiger partial charge in [0.1, 0.15) is 0 Å². The summed E-state index contributed by atoms with van der Waals surface area (Å²) in [4.78, 5) is 0.424. The maximum absolute atomic E-state index is 12.6. The minimum absolute atomic E-state index is 0.0187. The third-order valence-corrected chi connectivity index (χ3v) is 5.68. The van der Waals surface area contributed by atoms with Crippen LogP contribution in [0.4, 0.5) is 0 Å². The van der Waals surface area contributed by atoms with Crippen molar-refractivity contribution in [3.63, 3.8) is 0 Å². The van der Waals surface area contributed by atoms with Gasteiger partial charge in [-0.2, -0.15) is 0 Å². The number of nitrogens with one attached hydrogen (secondary N) is 1. The summed E-state index contributed by atoms with van der Waals surface area (Å²) < 4.78 is 25.2. The van der Waals surface area contributed by atoms with E-state index >= 15 is 0 Å². The van der Waals surface area contributed by atoms with Crippen LogP contribution in [0.2, 0.25) is 0 Å². The Morgan fingerprint density at radius 2 is 1.78 bits per heavy atom. The van der Waals surface area contributed by atoms with Crippen LogP contribution in [-0.2, 0) is 9.84 Å². The van der Waals surface area contributed by atoms with Gasteiger partial charge in [-0.15, -0.1) is 0 Å². The van der Waals surface area contributed by atoms with Crippen LogP contribution in [0.25, 0.3) is 0 Å². The van der Waals surface area contributed by atoms with Gasteiger partial charge in [-0.05, 0) is 32.0 Å². The molecule has 0 bridgehead atoms. The second kappa shape index (κ2) is 6.90. The number of sulfone groups is 1. The van der Waals surface area contributed by atoms with E-state index < -0.39 is 9.84 Å². The van der Waals surface area contributed by atoms with E-state index in [0.717, 1.165) is 12.8 Å². The van der Waals surface area contributed by atoms with Crippen molar-refractivity contribution < 1.29 is 8.42 Å². The average Bonchev–Trinajstić information content (AvgIpc) is 2.39. The summed E-state index contributed by atoms with van der Waals surface area (Å²) in [6.07, 6.45) is 2.48. The molecule has 3 nitrogen and oxygen atoms in total. The Balaban J connectivity index is 3.07. The Kier molecular flexibility index (Phi) is 5.82. The summed E-state index contributed by atoms with van der Waals surface area (Å²) in [6, 6.07) is 8.75. The van der Waals surface area contributed by atoms with E-state index in [9.17, 15) is 8.42 Å². The number of hydrogen-bond donors (Lipinski definition) is 1. The summed E-state index contributed by atoms with van der Waals surface area (Å²) in [5.74, 6) is 0. The lowest BCUT2D eigenvalue weighted by atomic mass is 10.1. The topological polar surface area (TPSA) is 46.2 Å². The van der Waals surface area contributed by atoms with Crippen LogP contribution in [0.1, 0.15) is 33.1 Å². The van der Waals surface area contributed by atoms with Crippen LogP contribution in [0.5, 0.6) is 0 Å². The van der Waals surface area contributed by atoms with E-state index in [1.54, 1.807) is 24.3 Å². The number of benzene rings is 1. The smallest absolute Gasteiger partial charge is 0.182 e. The molecule has 4 heteroatoms. The SMILES string of the molecule is CCCC(NC)C(CC)S(=O)(=O)c1ccccc1. The quantitative estimate of drug-likeness (QED) is 0.827. The van der Waals surface area contributed by atoms with Gasteiger partial charge in [0.05, 0.1) is 10.1 Å². The van der Waals surface area contributed by atoms with Crippen LogP contribution in [-0.4, -0.2) is 26.8 Å². The Bertz CT molecular complexity index is 442. The molecule has 0 aromatic heterocycles. The van der Waals surface area contributed by atoms with Crippen molar-refractivity contribution in [3.8, 4) is 0 Å². The molecule has 1 aromatic carbocycles. The zero-order valence-corrected chi connectivity index (χ0v) is 12.2. The molecule has 0 aliphatic carbocycles. The van der Waals surface area contributed by atoms with Crippen LogP contribution in [0.15, 0.2) is 35.2 Å². The van der Waals surface area contributed by atoms with E-state index in [2.05, 4.69) is 12.2 Å². The Morgan fingerprint density at radius 3 is 2.22 bits per heavy atom. The molecular weight excluding hydrogens is 246 g/mol. The van der Waals surface area contributed by atoms with Gasteiger partial charge >= 0.3 is 0 Å². The zero-order valence-electron chi connectivity index (χ0n) is 11.4. The number of rotatable bonds is 7. The van der Waals surface area contributed by atoms with Crippen LogP contribution in [0, 0.1) is 0 Å². The first-order chi connectivity index (χ1) is 8.57. The summed E-state index contributed by atoms with van der Waals surface area (Å²) in [6.45, 7) is 4.01. The van der Waals surface area contributed by atoms with Gasteiger partial charge in [-0.3, -0.25) is 0 Å². The van der Waals surface area contributed by atoms with Gasteiger partial charge in [0.15, 0.2) is 9.84 Å². The van der Waals surface area contributed by atoms with Gasteiger partial charge in [0.25, 0.3) is 0 Å². The fourth-order valence-electron chi connectivity index (χ4n) is 2.33. The first kappa shape index (κ1) is 15.2. The second-order valence-corrected chi connectivity index (χ2v) is 6.66. The summed E-state index contributed by atoms with van der Waals surface area (Å²) in [5, 5.41) is 2.79. The molecule has 0 radical (unpaired) electrons. The minimum atomic E-state index is -3.25. The van der Waals surface area contributed by atoms with Crippen molar-refractivity contribution in [1.29, 1.82) is 0 Å². The molecule has 18 heavy (non-hydrogen) atoms. The molecule has 2 unspecified atom stereocenters. The lowest BCUT2D eigenvalue weighted by molar-refractivity contribution is 0.464. The second-order valence-electron chi connectivity index (χ2n) is 4.49. The molecule has 0 spiro atoms. The molecule has 1 aromatic rings. The fourth-order valence-corrected chi connectivity index (χ4v) is 4.36. The maximum Gasteiger partial charge on any atom is 0.182 e. The van der Waals surface area contributed by atoms with Gasteiger partial charge in [0.2, 0.25) is 0 Å². The van der Waals surface area contributed by atoms with E-state index in [0.29, 0.717) is 11.3 Å². The molecule has 0 amide bonds. The average molecular weight is 269 g/mol. The lowest BCUT2D eigenvalue weighted by Crippen LogP contribution is -2.42. The van der Waals surface area contributed by atoms with Crippen molar-refractivity contribution in [1.82, 2.24) is 5.32 Å². The predicted molar refractivity (Wildman–Crippen MR) is 75.5 cm³/mol. The summed E-state index contributed by atoms with van der Waals surface area (Å²) in [5.41, 5.74) is 0. The maximum atomic E-state index is 12.6. The minimum Gasteiger partial charge on any atom is -0.316 e. The highest BCUT2D eigenvalue weighted by atomic mass is 32.2. The first-order valence-corrected chi connectivity index (χ1v) is 8.08. The van der Waals surface area contributed by atoms with Gasteiger partial charge in [-0.25, -0.2) is 8.42 Å². The van der Waals surface area contributed by atoms with Crippen molar-refractivity contribution in [2.24, 2.45) is 0 Å². The highest BCUT2D eigenvalue weighted by molar-refractivity contribution is 7.92. The molecule has 102 valence electrons. The van der Waals surface area contributed by atoms with Gasteiger partial charge in [-0.1, -0.05) is 38.5 Å². The summed E-state index contributed by atoms with van der Waals surface area (Å²) in [7, 11) is -1.41. The third kappa shape index (κ3) is 3.33. The summed E-state index contributed by atoms with van der Waals surface area (Å²) >= 11 is 0. The van der Waals surface area contributed by atoms with Crippen molar-refractivity contribution in [3.05, 3.63) is 30.3 Å². The molecular formula is C14H23NO2S. The molecule has 0 saturated heterocycles. The van der Waals surface area contributed by atoms with E-state index in [4.69, 9.17) is 0 Å². The standard InChI is InChI=1S/C14H23NO2S/c1-4-9-13(15-3)14(5-2)18(16,17)12-10-7-6-8-11-12/h6-8,10-11,13-15H,4-5,9H2,1-3H3. The Labute approximate surface area is 111 Å². The Hall–Kier alpha value is -0.870. The molecule has 0 aliphatic rings. The lowest BCUT2D eigenvalue weighted by Gasteiger charge is -2.25. The fraction of sp³-hybridized carbons (Fsp3) is 0.571. The molecule has 0 aliphatic heterocycles. The van der Waals surface area contributed by atoms with Crippen LogP contribution >= 0.6 is 0 Å². The van der Waals surface area contributed by atoms with Crippen molar-refractivity contribution in [2.75, 3.05) is 7.05 Å². The molecule has 0 saturated carbocycles. The highest BCUT2D eigenvalue weighted by Crippen LogP contribution is 2.22. The Morgan fingerprint density at radius 1 is 1.17 bits per heavy atom. The van der Waals surface area contributed by atoms with Crippen LogP contribution < -0.4 is 5.32 Å². The van der Waals surface area contributed by atoms with Crippen molar-refractivity contribution in [2.45, 2.75) is 49.3 Å². The highest BCUT2D eigenvalue weighted by Gasteiger charge is 2.31. The molecule has 2 atom stereocenters. The third-order valence-electron chi connectivity index (χ3n) is 3.29. The predicted octanol–water partition coefficient (Wildman–Crippen LogP) is 2.63. The van der Waals surface area contributed by atoms with Crippen LogP contribution in [0.3, 0.4) is 0 Å². The van der Waals surface area contributed by atoms with E-state index in [1.165, 1.54) is 0 Å². The largest absolute Gasteiger partial charge is 0.316 e. The van der Waals surface area contributed by atoms with Gasteiger partial charge < -0.3 is 5.32 Å². The number of hydrogen-bond acceptors (Lipinski definition) is 3. The molecule has 0 fully saturated rings. The van der Waals surface area contributed by atoms with E-state index in [1.807, 2.05) is 20.0 Å². The molecule has 1 N–H and O–H groups in total. The first-order valence-electron chi connectivity index (χ1n) is 6.54. The van der Waals surface area contributed by atoms with Crippen molar-refractivity contribution >= 4 is 9.84 Å².